The SMILES string of the molecule is Cc1cccc2nnc(NNC(=O)[C@H](CCC3CCCC3)CN(O)C=O)nc12. The minimum atomic E-state index is -0.529. The lowest BCUT2D eigenvalue weighted by atomic mass is 9.94. The zero-order valence-electron chi connectivity index (χ0n) is 16.0. The topological polar surface area (TPSA) is 120 Å². The fourth-order valence-electron chi connectivity index (χ4n) is 3.68. The average Bonchev–Trinajstić information content (AvgIpc) is 3.23. The highest BCUT2D eigenvalue weighted by molar-refractivity contribution is 5.81. The molecule has 1 saturated carbocycles. The number of hydrazine groups is 1. The summed E-state index contributed by atoms with van der Waals surface area (Å²) < 4.78 is 0. The van der Waals surface area contributed by atoms with Gasteiger partial charge in [-0.05, 0) is 37.3 Å². The Kier molecular flexibility index (Phi) is 6.70. The van der Waals surface area contributed by atoms with Gasteiger partial charge in [-0.1, -0.05) is 37.8 Å². The second kappa shape index (κ2) is 9.41. The number of aromatic nitrogens is 3. The number of carbonyl (C=O) groups excluding carboxylic acids is 2. The largest absolute Gasteiger partial charge is 0.286 e. The van der Waals surface area contributed by atoms with E-state index in [0.29, 0.717) is 34.8 Å². The molecule has 3 N–H and O–H groups in total. The maximum absolute atomic E-state index is 12.6. The van der Waals surface area contributed by atoms with Crippen LogP contribution >= 0.6 is 0 Å². The number of nitrogens with one attached hydrogen (secondary N) is 2. The molecule has 0 unspecified atom stereocenters. The van der Waals surface area contributed by atoms with E-state index in [1.165, 1.54) is 25.7 Å². The third-order valence-corrected chi connectivity index (χ3v) is 5.28. The lowest BCUT2D eigenvalue weighted by Gasteiger charge is -2.21. The van der Waals surface area contributed by atoms with Crippen molar-refractivity contribution in [3.8, 4) is 0 Å². The van der Waals surface area contributed by atoms with Crippen LogP contribution in [0, 0.1) is 18.8 Å². The number of carbonyl (C=O) groups is 2. The van der Waals surface area contributed by atoms with E-state index in [1.54, 1.807) is 0 Å². The minimum absolute atomic E-state index is 0.0559. The van der Waals surface area contributed by atoms with Gasteiger partial charge in [0.25, 0.3) is 5.95 Å². The maximum Gasteiger partial charge on any atom is 0.262 e. The number of para-hydroxylation sites is 1. The first kappa shape index (κ1) is 19.9. The van der Waals surface area contributed by atoms with Crippen LogP contribution in [0.2, 0.25) is 0 Å². The molecule has 1 fully saturated rings. The summed E-state index contributed by atoms with van der Waals surface area (Å²) in [5.74, 6) is -0.0607. The summed E-state index contributed by atoms with van der Waals surface area (Å²) in [7, 11) is 0. The number of aryl methyl sites for hydroxylation is 1. The molecular formula is C19H26N6O3. The number of hydrogen-bond donors (Lipinski definition) is 3. The number of fused-ring (bicyclic) bond motifs is 1. The van der Waals surface area contributed by atoms with Crippen LogP contribution in [-0.4, -0.2) is 44.3 Å². The Bertz CT molecular complexity index is 824. The van der Waals surface area contributed by atoms with Gasteiger partial charge in [-0.3, -0.25) is 25.6 Å². The molecule has 0 radical (unpaired) electrons. The lowest BCUT2D eigenvalue weighted by Crippen LogP contribution is -2.40. The molecule has 28 heavy (non-hydrogen) atoms. The Morgan fingerprint density at radius 3 is 2.89 bits per heavy atom. The fourth-order valence-corrected chi connectivity index (χ4v) is 3.68. The van der Waals surface area contributed by atoms with Gasteiger partial charge in [-0.25, -0.2) is 10.0 Å². The molecule has 1 aliphatic carbocycles. The highest BCUT2D eigenvalue weighted by atomic mass is 16.5. The molecule has 2 amide bonds. The molecule has 150 valence electrons. The standard InChI is InChI=1S/C19H26N6O3/c1-13-5-4-8-16-17(13)20-19(23-21-16)24-22-18(27)15(11-25(28)12-26)10-9-14-6-2-3-7-14/h4-5,8,12,14-15,28H,2-3,6-7,9-11H2,1H3,(H,22,27)(H,20,23,24)/t15-/m1/s1. The van der Waals surface area contributed by atoms with Gasteiger partial charge >= 0.3 is 0 Å². The van der Waals surface area contributed by atoms with Gasteiger partial charge in [0, 0.05) is 0 Å². The van der Waals surface area contributed by atoms with E-state index in [2.05, 4.69) is 26.0 Å². The molecule has 0 spiro atoms. The Morgan fingerprint density at radius 2 is 2.14 bits per heavy atom. The number of amides is 2. The predicted octanol–water partition coefficient (Wildman–Crippen LogP) is 2.21. The van der Waals surface area contributed by atoms with Crippen LogP contribution in [0.4, 0.5) is 5.95 Å². The van der Waals surface area contributed by atoms with Gasteiger partial charge in [-0.2, -0.15) is 0 Å². The van der Waals surface area contributed by atoms with Crippen LogP contribution in [0.15, 0.2) is 18.2 Å². The molecule has 3 rings (SSSR count). The fraction of sp³-hybridized carbons (Fsp3) is 0.526. The molecule has 1 heterocycles. The van der Waals surface area contributed by atoms with Gasteiger partial charge in [0.2, 0.25) is 12.3 Å². The number of hydrogen-bond acceptors (Lipinski definition) is 7. The molecule has 9 heteroatoms. The van der Waals surface area contributed by atoms with Crippen molar-refractivity contribution in [1.82, 2.24) is 25.7 Å². The van der Waals surface area contributed by atoms with Crippen molar-refractivity contribution in [1.29, 1.82) is 0 Å². The van der Waals surface area contributed by atoms with E-state index < -0.39 is 5.92 Å². The van der Waals surface area contributed by atoms with Crippen molar-refractivity contribution in [2.75, 3.05) is 12.0 Å². The quantitative estimate of drug-likeness (QED) is 0.343. The van der Waals surface area contributed by atoms with Gasteiger partial charge < -0.3 is 0 Å². The minimum Gasteiger partial charge on any atom is -0.286 e. The number of anilines is 1. The Labute approximate surface area is 163 Å². The Hall–Kier alpha value is -2.81. The summed E-state index contributed by atoms with van der Waals surface area (Å²) in [6.45, 7) is 1.87. The smallest absolute Gasteiger partial charge is 0.262 e. The highest BCUT2D eigenvalue weighted by Gasteiger charge is 2.24. The summed E-state index contributed by atoms with van der Waals surface area (Å²) in [4.78, 5) is 27.7. The normalized spacial score (nSPS) is 15.4. The average molecular weight is 386 g/mol. The van der Waals surface area contributed by atoms with Crippen molar-refractivity contribution < 1.29 is 14.8 Å². The number of hydroxylamine groups is 2. The Morgan fingerprint density at radius 1 is 1.36 bits per heavy atom. The first-order valence-corrected chi connectivity index (χ1v) is 9.63. The van der Waals surface area contributed by atoms with Gasteiger partial charge in [0.05, 0.1) is 18.0 Å². The van der Waals surface area contributed by atoms with Gasteiger partial charge in [0.15, 0.2) is 0 Å². The monoisotopic (exact) mass is 386 g/mol. The van der Waals surface area contributed by atoms with Gasteiger partial charge in [-0.15, -0.1) is 10.2 Å². The van der Waals surface area contributed by atoms with Crippen molar-refractivity contribution in [3.63, 3.8) is 0 Å². The number of rotatable bonds is 9. The molecule has 1 atom stereocenters. The zero-order valence-corrected chi connectivity index (χ0v) is 16.0. The molecular weight excluding hydrogens is 360 g/mol. The molecule has 1 aromatic carbocycles. The lowest BCUT2D eigenvalue weighted by molar-refractivity contribution is -0.154. The van der Waals surface area contributed by atoms with Crippen LogP contribution in [-0.2, 0) is 9.59 Å². The first-order valence-electron chi connectivity index (χ1n) is 9.63. The molecule has 0 aliphatic heterocycles. The van der Waals surface area contributed by atoms with Gasteiger partial charge in [0.1, 0.15) is 5.52 Å². The molecule has 0 bridgehead atoms. The third-order valence-electron chi connectivity index (χ3n) is 5.28. The molecule has 0 saturated heterocycles. The third kappa shape index (κ3) is 5.13. The van der Waals surface area contributed by atoms with E-state index in [0.717, 1.165) is 12.0 Å². The Balaban J connectivity index is 1.61. The summed E-state index contributed by atoms with van der Waals surface area (Å²) in [5, 5.41) is 18.1. The second-order valence-corrected chi connectivity index (χ2v) is 7.34. The maximum atomic E-state index is 12.6. The van der Waals surface area contributed by atoms with Crippen molar-refractivity contribution >= 4 is 29.3 Å². The van der Waals surface area contributed by atoms with Crippen molar-refractivity contribution in [2.24, 2.45) is 11.8 Å². The van der Waals surface area contributed by atoms with Crippen molar-refractivity contribution in [3.05, 3.63) is 23.8 Å². The van der Waals surface area contributed by atoms with E-state index >= 15 is 0 Å². The summed E-state index contributed by atoms with van der Waals surface area (Å²) in [6.07, 6.45) is 6.63. The van der Waals surface area contributed by atoms with Crippen LogP contribution in [0.1, 0.15) is 44.1 Å². The van der Waals surface area contributed by atoms with E-state index in [1.807, 2.05) is 25.1 Å². The highest BCUT2D eigenvalue weighted by Crippen LogP contribution is 2.30. The van der Waals surface area contributed by atoms with Crippen LogP contribution in [0.25, 0.3) is 11.0 Å². The van der Waals surface area contributed by atoms with Crippen LogP contribution in [0.3, 0.4) is 0 Å². The molecule has 9 nitrogen and oxygen atoms in total. The van der Waals surface area contributed by atoms with E-state index in [-0.39, 0.29) is 18.4 Å². The summed E-state index contributed by atoms with van der Waals surface area (Å²) in [5.41, 5.74) is 7.61. The molecule has 1 aromatic heterocycles. The van der Waals surface area contributed by atoms with Crippen molar-refractivity contribution in [2.45, 2.75) is 45.4 Å². The first-order chi connectivity index (χ1) is 13.6. The number of nitrogens with zero attached hydrogens (tertiary/aromatic N) is 4. The number of benzene rings is 1. The zero-order chi connectivity index (χ0) is 19.9. The molecule has 2 aromatic rings. The predicted molar refractivity (Wildman–Crippen MR) is 103 cm³/mol. The van der Waals surface area contributed by atoms with Crippen LogP contribution < -0.4 is 10.9 Å². The second-order valence-electron chi connectivity index (χ2n) is 7.34. The van der Waals surface area contributed by atoms with E-state index in [4.69, 9.17) is 0 Å². The van der Waals surface area contributed by atoms with Crippen LogP contribution in [0.5, 0.6) is 0 Å². The molecule has 1 aliphatic rings. The van der Waals surface area contributed by atoms with E-state index in [9.17, 15) is 14.8 Å². The summed E-state index contributed by atoms with van der Waals surface area (Å²) >= 11 is 0. The summed E-state index contributed by atoms with van der Waals surface area (Å²) in [6, 6.07) is 5.62.